The maximum atomic E-state index is 5.15. The van der Waals surface area contributed by atoms with Crippen LogP contribution in [0.4, 0.5) is 0 Å². The van der Waals surface area contributed by atoms with Gasteiger partial charge in [0.05, 0.1) is 5.69 Å². The molecule has 0 spiro atoms. The van der Waals surface area contributed by atoms with Crippen LogP contribution in [0.15, 0.2) is 10.6 Å². The lowest BCUT2D eigenvalue weighted by atomic mass is 10.2. The van der Waals surface area contributed by atoms with Crippen molar-refractivity contribution in [2.45, 2.75) is 40.8 Å². The van der Waals surface area contributed by atoms with Gasteiger partial charge in [0, 0.05) is 37.1 Å². The van der Waals surface area contributed by atoms with Gasteiger partial charge in [-0.15, -0.1) is 0 Å². The average Bonchev–Trinajstić information content (AvgIpc) is 2.77. The summed E-state index contributed by atoms with van der Waals surface area (Å²) in [5.74, 6) is 0.904. The topological polar surface area (TPSA) is 43.0 Å². The highest BCUT2D eigenvalue weighted by Crippen LogP contribution is 2.14. The zero-order valence-corrected chi connectivity index (χ0v) is 11.8. The number of rotatable bonds is 4. The summed E-state index contributed by atoms with van der Waals surface area (Å²) in [5, 5.41) is 7.41. The van der Waals surface area contributed by atoms with E-state index in [1.54, 1.807) is 0 Å². The first kappa shape index (κ1) is 12.9. The number of hydrogen-bond acceptors (Lipinski definition) is 3. The lowest BCUT2D eigenvalue weighted by Crippen LogP contribution is -2.14. The molecule has 0 radical (unpaired) electrons. The van der Waals surface area contributed by atoms with Gasteiger partial charge in [-0.2, -0.15) is 0 Å². The molecule has 0 unspecified atom stereocenters. The van der Waals surface area contributed by atoms with Gasteiger partial charge in [0.15, 0.2) is 0 Å². The summed E-state index contributed by atoms with van der Waals surface area (Å²) in [7, 11) is 2.10. The Labute approximate surface area is 108 Å². The summed E-state index contributed by atoms with van der Waals surface area (Å²) in [5.41, 5.74) is 6.10. The quantitative estimate of drug-likeness (QED) is 0.903. The van der Waals surface area contributed by atoms with E-state index >= 15 is 0 Å². The van der Waals surface area contributed by atoms with Crippen LogP contribution < -0.4 is 5.32 Å². The third-order valence-corrected chi connectivity index (χ3v) is 3.68. The van der Waals surface area contributed by atoms with Crippen molar-refractivity contribution >= 4 is 0 Å². The smallest absolute Gasteiger partial charge is 0.138 e. The molecule has 0 fully saturated rings. The molecular weight excluding hydrogens is 226 g/mol. The molecule has 2 aromatic rings. The largest absolute Gasteiger partial charge is 0.361 e. The molecule has 0 aromatic carbocycles. The normalized spacial score (nSPS) is 11.2. The zero-order chi connectivity index (χ0) is 13.3. The molecule has 2 rings (SSSR count). The molecule has 2 aromatic heterocycles. The molecule has 0 aliphatic rings. The van der Waals surface area contributed by atoms with E-state index in [2.05, 4.69) is 42.0 Å². The highest BCUT2D eigenvalue weighted by Gasteiger charge is 2.09. The van der Waals surface area contributed by atoms with Crippen molar-refractivity contribution in [1.29, 1.82) is 0 Å². The fourth-order valence-corrected chi connectivity index (χ4v) is 2.19. The Balaban J connectivity index is 1.99. The summed E-state index contributed by atoms with van der Waals surface area (Å²) in [4.78, 5) is 0. The molecule has 4 heteroatoms. The first-order valence-corrected chi connectivity index (χ1v) is 6.25. The molecular formula is C14H21N3O. The second-order valence-corrected chi connectivity index (χ2v) is 4.86. The van der Waals surface area contributed by atoms with Gasteiger partial charge in [0.1, 0.15) is 5.76 Å². The van der Waals surface area contributed by atoms with E-state index in [0.717, 1.165) is 24.5 Å². The van der Waals surface area contributed by atoms with Crippen LogP contribution in [0.25, 0.3) is 0 Å². The van der Waals surface area contributed by atoms with E-state index < -0.39 is 0 Å². The molecule has 2 heterocycles. The minimum Gasteiger partial charge on any atom is -0.361 e. The molecule has 0 aliphatic heterocycles. The second kappa shape index (κ2) is 4.98. The van der Waals surface area contributed by atoms with Crippen molar-refractivity contribution in [3.05, 3.63) is 40.0 Å². The Morgan fingerprint density at radius 2 is 1.94 bits per heavy atom. The van der Waals surface area contributed by atoms with Crippen LogP contribution in [0.2, 0.25) is 0 Å². The molecule has 0 saturated heterocycles. The highest BCUT2D eigenvalue weighted by atomic mass is 16.5. The molecule has 0 aliphatic carbocycles. The fourth-order valence-electron chi connectivity index (χ4n) is 2.19. The summed E-state index contributed by atoms with van der Waals surface area (Å²) in [6.07, 6.45) is 0. The van der Waals surface area contributed by atoms with Crippen LogP contribution in [-0.4, -0.2) is 9.72 Å². The molecule has 0 saturated carbocycles. The molecule has 18 heavy (non-hydrogen) atoms. The van der Waals surface area contributed by atoms with Crippen molar-refractivity contribution < 1.29 is 4.52 Å². The Morgan fingerprint density at radius 3 is 2.44 bits per heavy atom. The van der Waals surface area contributed by atoms with E-state index in [1.807, 2.05) is 13.8 Å². The number of aromatic nitrogens is 2. The van der Waals surface area contributed by atoms with Gasteiger partial charge in [-0.3, -0.25) is 0 Å². The summed E-state index contributed by atoms with van der Waals surface area (Å²) in [6, 6.07) is 2.23. The molecule has 0 amide bonds. The number of nitrogens with zero attached hydrogens (tertiary/aromatic N) is 2. The molecule has 0 bridgehead atoms. The Bertz CT molecular complexity index is 532. The second-order valence-electron chi connectivity index (χ2n) is 4.86. The molecule has 0 atom stereocenters. The number of aryl methyl sites for hydroxylation is 3. The van der Waals surface area contributed by atoms with E-state index in [4.69, 9.17) is 4.52 Å². The van der Waals surface area contributed by atoms with E-state index in [1.165, 1.54) is 22.5 Å². The third kappa shape index (κ3) is 2.34. The number of nitrogens with one attached hydrogen (secondary N) is 1. The van der Waals surface area contributed by atoms with Crippen LogP contribution in [0, 0.1) is 27.7 Å². The minimum atomic E-state index is 0.800. The fraction of sp³-hybridized carbons (Fsp3) is 0.500. The predicted octanol–water partition coefficient (Wildman–Crippen LogP) is 2.54. The van der Waals surface area contributed by atoms with Gasteiger partial charge >= 0.3 is 0 Å². The van der Waals surface area contributed by atoms with Gasteiger partial charge < -0.3 is 14.4 Å². The lowest BCUT2D eigenvalue weighted by Gasteiger charge is -2.05. The van der Waals surface area contributed by atoms with E-state index in [0.29, 0.717) is 0 Å². The van der Waals surface area contributed by atoms with Gasteiger partial charge in [0.2, 0.25) is 0 Å². The van der Waals surface area contributed by atoms with Crippen LogP contribution in [0.3, 0.4) is 0 Å². The van der Waals surface area contributed by atoms with Gasteiger partial charge in [-0.1, -0.05) is 5.16 Å². The van der Waals surface area contributed by atoms with Crippen molar-refractivity contribution in [3.63, 3.8) is 0 Å². The summed E-state index contributed by atoms with van der Waals surface area (Å²) >= 11 is 0. The van der Waals surface area contributed by atoms with Gasteiger partial charge in [0.25, 0.3) is 0 Å². The SMILES string of the molecule is Cc1noc(C)c1CNCc1cc(C)n(C)c1C. The summed E-state index contributed by atoms with van der Waals surface area (Å²) < 4.78 is 7.37. The highest BCUT2D eigenvalue weighted by molar-refractivity contribution is 5.26. The van der Waals surface area contributed by atoms with Crippen LogP contribution in [0.1, 0.15) is 34.0 Å². The van der Waals surface area contributed by atoms with Crippen LogP contribution in [-0.2, 0) is 20.1 Å². The average molecular weight is 247 g/mol. The Morgan fingerprint density at radius 1 is 1.22 bits per heavy atom. The van der Waals surface area contributed by atoms with E-state index in [9.17, 15) is 0 Å². The number of hydrogen-bond donors (Lipinski definition) is 1. The predicted molar refractivity (Wildman–Crippen MR) is 71.4 cm³/mol. The maximum Gasteiger partial charge on any atom is 0.138 e. The van der Waals surface area contributed by atoms with Crippen molar-refractivity contribution in [1.82, 2.24) is 15.0 Å². The van der Waals surface area contributed by atoms with Gasteiger partial charge in [-0.25, -0.2) is 0 Å². The Hall–Kier alpha value is -1.55. The zero-order valence-electron chi connectivity index (χ0n) is 11.8. The summed E-state index contributed by atoms with van der Waals surface area (Å²) in [6.45, 7) is 9.89. The van der Waals surface area contributed by atoms with Crippen LogP contribution in [0.5, 0.6) is 0 Å². The third-order valence-electron chi connectivity index (χ3n) is 3.68. The standard InChI is InChI=1S/C14H21N3O/c1-9-6-13(11(3)17(9)5)7-15-8-14-10(2)16-18-12(14)4/h6,15H,7-8H2,1-5H3. The van der Waals surface area contributed by atoms with Gasteiger partial charge in [-0.05, 0) is 39.3 Å². The molecule has 4 nitrogen and oxygen atoms in total. The lowest BCUT2D eigenvalue weighted by molar-refractivity contribution is 0.392. The molecule has 1 N–H and O–H groups in total. The maximum absolute atomic E-state index is 5.15. The Kier molecular flexibility index (Phi) is 3.57. The first-order chi connectivity index (χ1) is 8.50. The van der Waals surface area contributed by atoms with Crippen molar-refractivity contribution in [3.8, 4) is 0 Å². The van der Waals surface area contributed by atoms with Crippen molar-refractivity contribution in [2.75, 3.05) is 0 Å². The first-order valence-electron chi connectivity index (χ1n) is 6.25. The van der Waals surface area contributed by atoms with Crippen LogP contribution >= 0.6 is 0 Å². The van der Waals surface area contributed by atoms with Crippen molar-refractivity contribution in [2.24, 2.45) is 7.05 Å². The molecule has 98 valence electrons. The minimum absolute atomic E-state index is 0.800. The van der Waals surface area contributed by atoms with E-state index in [-0.39, 0.29) is 0 Å². The monoisotopic (exact) mass is 247 g/mol.